The molecule has 0 spiro atoms. The molecule has 1 unspecified atom stereocenters. The number of nitrogens with one attached hydrogen (secondary N) is 1. The highest BCUT2D eigenvalue weighted by Crippen LogP contribution is 1.92. The van der Waals surface area contributed by atoms with E-state index in [9.17, 15) is 13.2 Å². The first-order valence-electron chi connectivity index (χ1n) is 4.45. The molecule has 0 saturated heterocycles. The number of urea groups is 1. The third-order valence-corrected chi connectivity index (χ3v) is 2.85. The molecule has 0 aliphatic carbocycles. The van der Waals surface area contributed by atoms with Crippen molar-refractivity contribution in [2.45, 2.75) is 19.9 Å². The number of hydrogen-bond acceptors (Lipinski definition) is 3. The second-order valence-electron chi connectivity index (χ2n) is 3.46. The van der Waals surface area contributed by atoms with Gasteiger partial charge in [0.05, 0.1) is 5.75 Å². The molecule has 0 aromatic heterocycles. The van der Waals surface area contributed by atoms with E-state index < -0.39 is 9.84 Å². The number of rotatable bonds is 4. The first kappa shape index (κ1) is 13.2. The van der Waals surface area contributed by atoms with Crippen LogP contribution in [0.4, 0.5) is 4.79 Å². The van der Waals surface area contributed by atoms with E-state index >= 15 is 0 Å². The van der Waals surface area contributed by atoms with Gasteiger partial charge in [-0.25, -0.2) is 13.2 Å². The maximum Gasteiger partial charge on any atom is 0.317 e. The summed E-state index contributed by atoms with van der Waals surface area (Å²) in [6, 6.07) is -0.602. The summed E-state index contributed by atoms with van der Waals surface area (Å²) < 4.78 is 21.8. The van der Waals surface area contributed by atoms with Crippen molar-refractivity contribution in [2.75, 3.05) is 25.6 Å². The predicted octanol–water partition coefficient (Wildman–Crippen LogP) is 0.0808. The molecule has 6 heteroatoms. The van der Waals surface area contributed by atoms with Gasteiger partial charge in [-0.1, -0.05) is 0 Å². The molecule has 0 bridgehead atoms. The van der Waals surface area contributed by atoms with Crippen LogP contribution < -0.4 is 5.32 Å². The van der Waals surface area contributed by atoms with Crippen molar-refractivity contribution < 1.29 is 13.2 Å². The molecule has 1 atom stereocenters. The molecule has 0 fully saturated rings. The topological polar surface area (TPSA) is 66.5 Å². The van der Waals surface area contributed by atoms with Crippen molar-refractivity contribution in [1.82, 2.24) is 10.2 Å². The van der Waals surface area contributed by atoms with Gasteiger partial charge in [0.2, 0.25) is 0 Å². The van der Waals surface area contributed by atoms with Crippen molar-refractivity contribution in [3.05, 3.63) is 0 Å². The van der Waals surface area contributed by atoms with Gasteiger partial charge in [0, 0.05) is 25.9 Å². The van der Waals surface area contributed by atoms with Crippen LogP contribution in [0.2, 0.25) is 0 Å². The van der Waals surface area contributed by atoms with Gasteiger partial charge in [-0.15, -0.1) is 0 Å². The number of amides is 2. The average Bonchev–Trinajstić information content (AvgIpc) is 1.99. The molecule has 0 rings (SSSR count). The highest BCUT2D eigenvalue weighted by Gasteiger charge is 2.14. The Balaban J connectivity index is 4.07. The largest absolute Gasteiger partial charge is 0.335 e. The Kier molecular flexibility index (Phi) is 4.90. The Morgan fingerprint density at radius 1 is 1.50 bits per heavy atom. The van der Waals surface area contributed by atoms with Gasteiger partial charge in [-0.3, -0.25) is 0 Å². The van der Waals surface area contributed by atoms with Crippen molar-refractivity contribution in [3.8, 4) is 0 Å². The van der Waals surface area contributed by atoms with Crippen molar-refractivity contribution in [2.24, 2.45) is 0 Å². The van der Waals surface area contributed by atoms with E-state index in [1.807, 2.05) is 6.92 Å². The van der Waals surface area contributed by atoms with Crippen molar-refractivity contribution >= 4 is 15.9 Å². The Morgan fingerprint density at radius 2 is 2.00 bits per heavy atom. The van der Waals surface area contributed by atoms with Gasteiger partial charge < -0.3 is 10.2 Å². The highest BCUT2D eigenvalue weighted by molar-refractivity contribution is 7.90. The van der Waals surface area contributed by atoms with Gasteiger partial charge in [0.25, 0.3) is 0 Å². The summed E-state index contributed by atoms with van der Waals surface area (Å²) in [5, 5.41) is 2.59. The zero-order valence-corrected chi connectivity index (χ0v) is 9.89. The van der Waals surface area contributed by atoms with Crippen LogP contribution >= 0.6 is 0 Å². The smallest absolute Gasteiger partial charge is 0.317 e. The zero-order chi connectivity index (χ0) is 11.4. The van der Waals surface area contributed by atoms with Crippen molar-refractivity contribution in [3.63, 3.8) is 0 Å². The van der Waals surface area contributed by atoms with E-state index in [4.69, 9.17) is 0 Å². The van der Waals surface area contributed by atoms with Gasteiger partial charge >= 0.3 is 6.03 Å². The first-order chi connectivity index (χ1) is 6.26. The van der Waals surface area contributed by atoms with Crippen LogP contribution in [0, 0.1) is 0 Å². The molecule has 0 aromatic carbocycles. The molecule has 2 amide bonds. The lowest BCUT2D eigenvalue weighted by atomic mass is 10.4. The quantitative estimate of drug-likeness (QED) is 0.732. The number of hydrogen-bond donors (Lipinski definition) is 1. The standard InChI is InChI=1S/C8H18N2O3S/c1-5-10(3)8(11)9-7(2)6-14(4,12)13/h7H,5-6H2,1-4H3,(H,9,11). The number of nitrogens with zero attached hydrogens (tertiary/aromatic N) is 1. The summed E-state index contributed by atoms with van der Waals surface area (Å²) in [6.45, 7) is 4.11. The maximum absolute atomic E-state index is 11.3. The summed E-state index contributed by atoms with van der Waals surface area (Å²) in [7, 11) is -1.38. The predicted molar refractivity (Wildman–Crippen MR) is 56.0 cm³/mol. The summed E-state index contributed by atoms with van der Waals surface area (Å²) in [5.74, 6) is -0.0315. The van der Waals surface area contributed by atoms with Gasteiger partial charge in [0.15, 0.2) is 0 Å². The maximum atomic E-state index is 11.3. The monoisotopic (exact) mass is 222 g/mol. The average molecular weight is 222 g/mol. The van der Waals surface area contributed by atoms with E-state index in [0.29, 0.717) is 6.54 Å². The number of carbonyl (C=O) groups is 1. The normalized spacial score (nSPS) is 13.4. The lowest BCUT2D eigenvalue weighted by molar-refractivity contribution is 0.208. The first-order valence-corrected chi connectivity index (χ1v) is 6.51. The lowest BCUT2D eigenvalue weighted by Gasteiger charge is -2.19. The minimum absolute atomic E-state index is 0.0315. The second kappa shape index (κ2) is 5.19. The number of sulfone groups is 1. The third kappa shape index (κ3) is 5.80. The molecule has 0 aromatic rings. The molecule has 0 aliphatic rings. The Bertz CT molecular complexity index is 287. The molecule has 0 radical (unpaired) electrons. The molecular formula is C8H18N2O3S. The summed E-state index contributed by atoms with van der Waals surface area (Å²) in [4.78, 5) is 12.8. The fraction of sp³-hybridized carbons (Fsp3) is 0.875. The fourth-order valence-corrected chi connectivity index (χ4v) is 1.95. The fourth-order valence-electron chi connectivity index (χ4n) is 0.960. The van der Waals surface area contributed by atoms with E-state index in [2.05, 4.69) is 5.32 Å². The van der Waals surface area contributed by atoms with Crippen LogP contribution in [0.5, 0.6) is 0 Å². The van der Waals surface area contributed by atoms with E-state index in [-0.39, 0.29) is 17.8 Å². The van der Waals surface area contributed by atoms with Crippen LogP contribution in [0.3, 0.4) is 0 Å². The zero-order valence-electron chi connectivity index (χ0n) is 9.07. The molecule has 0 heterocycles. The van der Waals surface area contributed by atoms with Crippen LogP contribution in [-0.2, 0) is 9.84 Å². The molecule has 1 N–H and O–H groups in total. The van der Waals surface area contributed by atoms with Crippen LogP contribution in [0.25, 0.3) is 0 Å². The molecule has 0 saturated carbocycles. The Labute approximate surface area is 85.4 Å². The van der Waals surface area contributed by atoms with E-state index in [1.54, 1.807) is 14.0 Å². The van der Waals surface area contributed by atoms with Gasteiger partial charge in [-0.2, -0.15) is 0 Å². The molecule has 84 valence electrons. The van der Waals surface area contributed by atoms with Crippen molar-refractivity contribution in [1.29, 1.82) is 0 Å². The minimum Gasteiger partial charge on any atom is -0.335 e. The summed E-state index contributed by atoms with van der Waals surface area (Å²) >= 11 is 0. The van der Waals surface area contributed by atoms with E-state index in [0.717, 1.165) is 6.26 Å². The number of carbonyl (C=O) groups excluding carboxylic acids is 1. The summed E-state index contributed by atoms with van der Waals surface area (Å²) in [5.41, 5.74) is 0. The minimum atomic E-state index is -3.03. The molecule has 0 aliphatic heterocycles. The Morgan fingerprint density at radius 3 is 2.36 bits per heavy atom. The SMILES string of the molecule is CCN(C)C(=O)NC(C)CS(C)(=O)=O. The molecule has 5 nitrogen and oxygen atoms in total. The Hall–Kier alpha value is -0.780. The van der Waals surface area contributed by atoms with Crippen LogP contribution in [0.15, 0.2) is 0 Å². The van der Waals surface area contributed by atoms with Gasteiger partial charge in [0.1, 0.15) is 9.84 Å². The molecule has 14 heavy (non-hydrogen) atoms. The van der Waals surface area contributed by atoms with Crippen LogP contribution in [-0.4, -0.2) is 51.0 Å². The second-order valence-corrected chi connectivity index (χ2v) is 5.64. The van der Waals surface area contributed by atoms with E-state index in [1.165, 1.54) is 4.90 Å². The lowest BCUT2D eigenvalue weighted by Crippen LogP contribution is -2.44. The summed E-state index contributed by atoms with van der Waals surface area (Å²) in [6.07, 6.45) is 1.15. The van der Waals surface area contributed by atoms with Crippen LogP contribution in [0.1, 0.15) is 13.8 Å². The third-order valence-electron chi connectivity index (χ3n) is 1.74. The molecular weight excluding hydrogens is 204 g/mol. The highest BCUT2D eigenvalue weighted by atomic mass is 32.2. The van der Waals surface area contributed by atoms with Gasteiger partial charge in [-0.05, 0) is 13.8 Å².